The summed E-state index contributed by atoms with van der Waals surface area (Å²) in [5.74, 6) is 0.450. The third-order valence-corrected chi connectivity index (χ3v) is 4.71. The highest BCUT2D eigenvalue weighted by Gasteiger charge is 2.23. The second-order valence-corrected chi connectivity index (χ2v) is 6.44. The van der Waals surface area contributed by atoms with Crippen molar-refractivity contribution < 1.29 is 9.18 Å². The molecule has 1 aliphatic rings. The summed E-state index contributed by atoms with van der Waals surface area (Å²) in [5, 5.41) is 4.02. The van der Waals surface area contributed by atoms with E-state index in [2.05, 4.69) is 20.3 Å². The number of aryl methyl sites for hydroxylation is 2. The molecule has 0 saturated carbocycles. The fraction of sp³-hybridized carbons (Fsp3) is 0.316. The fourth-order valence-electron chi connectivity index (χ4n) is 3.50. The molecule has 0 saturated heterocycles. The van der Waals surface area contributed by atoms with Crippen LogP contribution < -0.4 is 5.32 Å². The number of nitrogens with zero attached hydrogens (tertiary/aromatic N) is 2. The number of nitrogens with one attached hydrogen (secondary N) is 2. The summed E-state index contributed by atoms with van der Waals surface area (Å²) in [4.78, 5) is 23.8. The van der Waals surface area contributed by atoms with Gasteiger partial charge in [-0.1, -0.05) is 0 Å². The smallest absolute Gasteiger partial charge is 0.220 e. The molecule has 0 aliphatic heterocycles. The van der Waals surface area contributed by atoms with Gasteiger partial charge in [-0.25, -0.2) is 14.4 Å². The Balaban J connectivity index is 1.41. The minimum absolute atomic E-state index is 0.00641. The van der Waals surface area contributed by atoms with E-state index in [1.165, 1.54) is 6.07 Å². The Kier molecular flexibility index (Phi) is 4.17. The van der Waals surface area contributed by atoms with Crippen LogP contribution in [0.4, 0.5) is 4.39 Å². The maximum atomic E-state index is 13.6. The van der Waals surface area contributed by atoms with Crippen LogP contribution in [-0.2, 0) is 24.1 Å². The number of benzene rings is 1. The van der Waals surface area contributed by atoms with Gasteiger partial charge in [-0.2, -0.15) is 0 Å². The molecule has 5 nitrogen and oxygen atoms in total. The summed E-state index contributed by atoms with van der Waals surface area (Å²) in [6.45, 7) is 0. The third kappa shape index (κ3) is 3.38. The molecule has 128 valence electrons. The average molecular weight is 338 g/mol. The van der Waals surface area contributed by atoms with Crippen molar-refractivity contribution in [3.63, 3.8) is 0 Å². The van der Waals surface area contributed by atoms with Gasteiger partial charge in [0.15, 0.2) is 0 Å². The molecule has 25 heavy (non-hydrogen) atoms. The molecule has 2 N–H and O–H groups in total. The van der Waals surface area contributed by atoms with Crippen LogP contribution in [0, 0.1) is 5.82 Å². The van der Waals surface area contributed by atoms with E-state index in [0.29, 0.717) is 18.7 Å². The minimum atomic E-state index is -0.233. The van der Waals surface area contributed by atoms with Crippen molar-refractivity contribution in [2.24, 2.45) is 0 Å². The second-order valence-electron chi connectivity index (χ2n) is 6.44. The Hall–Kier alpha value is -2.76. The van der Waals surface area contributed by atoms with Crippen LogP contribution in [0.1, 0.15) is 29.9 Å². The zero-order valence-electron chi connectivity index (χ0n) is 13.8. The van der Waals surface area contributed by atoms with Crippen LogP contribution in [0.15, 0.2) is 36.7 Å². The van der Waals surface area contributed by atoms with Crippen molar-refractivity contribution in [1.82, 2.24) is 20.3 Å². The van der Waals surface area contributed by atoms with E-state index < -0.39 is 0 Å². The molecule has 1 aliphatic carbocycles. The van der Waals surface area contributed by atoms with Gasteiger partial charge in [0.2, 0.25) is 5.91 Å². The minimum Gasteiger partial charge on any atom is -0.358 e. The van der Waals surface area contributed by atoms with Gasteiger partial charge < -0.3 is 10.3 Å². The van der Waals surface area contributed by atoms with Gasteiger partial charge in [0, 0.05) is 47.9 Å². The Bertz CT molecular complexity index is 906. The first-order valence-corrected chi connectivity index (χ1v) is 8.53. The summed E-state index contributed by atoms with van der Waals surface area (Å²) in [6.07, 6.45) is 6.73. The number of amides is 1. The maximum Gasteiger partial charge on any atom is 0.220 e. The molecule has 2 heterocycles. The van der Waals surface area contributed by atoms with Crippen molar-refractivity contribution >= 4 is 16.8 Å². The molecule has 2 aromatic heterocycles. The number of hydrogen-bond acceptors (Lipinski definition) is 3. The van der Waals surface area contributed by atoms with Gasteiger partial charge in [0.1, 0.15) is 11.6 Å². The van der Waals surface area contributed by atoms with Gasteiger partial charge >= 0.3 is 0 Å². The highest BCUT2D eigenvalue weighted by atomic mass is 19.1. The third-order valence-electron chi connectivity index (χ3n) is 4.71. The number of aromatic nitrogens is 3. The summed E-state index contributed by atoms with van der Waals surface area (Å²) in [5.41, 5.74) is 3.24. The Labute approximate surface area is 144 Å². The lowest BCUT2D eigenvalue weighted by atomic mass is 9.91. The van der Waals surface area contributed by atoms with Gasteiger partial charge in [-0.05, 0) is 49.1 Å². The van der Waals surface area contributed by atoms with Gasteiger partial charge in [-0.3, -0.25) is 4.79 Å². The highest BCUT2D eigenvalue weighted by Crippen LogP contribution is 2.29. The predicted molar refractivity (Wildman–Crippen MR) is 92.6 cm³/mol. The van der Waals surface area contributed by atoms with E-state index in [4.69, 9.17) is 0 Å². The normalized spacial score (nSPS) is 16.6. The monoisotopic (exact) mass is 338 g/mol. The number of hydrogen-bond donors (Lipinski definition) is 2. The molecule has 0 radical (unpaired) electrons. The number of rotatable bonds is 4. The van der Waals surface area contributed by atoms with E-state index in [1.807, 2.05) is 0 Å². The number of fused-ring (bicyclic) bond motifs is 3. The largest absolute Gasteiger partial charge is 0.358 e. The second kappa shape index (κ2) is 6.63. The molecule has 1 atom stereocenters. The molecule has 1 amide bonds. The topological polar surface area (TPSA) is 70.7 Å². The first kappa shape index (κ1) is 15.7. The van der Waals surface area contributed by atoms with Gasteiger partial charge in [-0.15, -0.1) is 0 Å². The van der Waals surface area contributed by atoms with Crippen molar-refractivity contribution in [2.75, 3.05) is 0 Å². The Morgan fingerprint density at radius 3 is 3.00 bits per heavy atom. The predicted octanol–water partition coefficient (Wildman–Crippen LogP) is 2.70. The van der Waals surface area contributed by atoms with Crippen molar-refractivity contribution in [1.29, 1.82) is 0 Å². The zero-order valence-corrected chi connectivity index (χ0v) is 13.8. The molecule has 4 rings (SSSR count). The van der Waals surface area contributed by atoms with E-state index in [-0.39, 0.29) is 17.8 Å². The Morgan fingerprint density at radius 1 is 1.32 bits per heavy atom. The van der Waals surface area contributed by atoms with Crippen molar-refractivity contribution in [2.45, 2.75) is 38.1 Å². The maximum absolute atomic E-state index is 13.6. The lowest BCUT2D eigenvalue weighted by Gasteiger charge is -2.23. The highest BCUT2D eigenvalue weighted by molar-refractivity contribution is 5.85. The molecule has 0 bridgehead atoms. The van der Waals surface area contributed by atoms with Gasteiger partial charge in [0.25, 0.3) is 0 Å². The van der Waals surface area contributed by atoms with Crippen LogP contribution in [0.25, 0.3) is 10.9 Å². The standard InChI is InChI=1S/C19H19FN4O/c20-12-2-4-16-14(10-12)15-11-13(3-5-17(15)24-16)23-19(25)7-6-18-21-8-1-9-22-18/h1-2,4,8-10,13,24H,3,5-7,11H2,(H,23,25). The van der Waals surface area contributed by atoms with Gasteiger partial charge in [0.05, 0.1) is 0 Å². The molecule has 0 fully saturated rings. The van der Waals surface area contributed by atoms with E-state index in [1.54, 1.807) is 30.6 Å². The van der Waals surface area contributed by atoms with E-state index in [9.17, 15) is 9.18 Å². The molecule has 6 heteroatoms. The lowest BCUT2D eigenvalue weighted by molar-refractivity contribution is -0.121. The summed E-state index contributed by atoms with van der Waals surface area (Å²) >= 11 is 0. The average Bonchev–Trinajstić information content (AvgIpc) is 2.98. The first-order valence-electron chi connectivity index (χ1n) is 8.53. The van der Waals surface area contributed by atoms with Crippen molar-refractivity contribution in [3.8, 4) is 0 Å². The number of H-pyrrole nitrogens is 1. The molecule has 1 aromatic carbocycles. The quantitative estimate of drug-likeness (QED) is 0.768. The van der Waals surface area contributed by atoms with Crippen LogP contribution in [-0.4, -0.2) is 26.9 Å². The molecule has 3 aromatic rings. The number of aromatic amines is 1. The van der Waals surface area contributed by atoms with Crippen molar-refractivity contribution in [3.05, 3.63) is 59.6 Å². The zero-order chi connectivity index (χ0) is 17.2. The molecular weight excluding hydrogens is 319 g/mol. The Morgan fingerprint density at radius 2 is 2.16 bits per heavy atom. The van der Waals surface area contributed by atoms with E-state index in [0.717, 1.165) is 41.4 Å². The van der Waals surface area contributed by atoms with Crippen LogP contribution in [0.3, 0.4) is 0 Å². The lowest BCUT2D eigenvalue weighted by Crippen LogP contribution is -2.38. The molecule has 1 unspecified atom stereocenters. The number of carbonyl (C=O) groups excluding carboxylic acids is 1. The van der Waals surface area contributed by atoms with Crippen LogP contribution >= 0.6 is 0 Å². The van der Waals surface area contributed by atoms with Crippen LogP contribution in [0.5, 0.6) is 0 Å². The summed E-state index contributed by atoms with van der Waals surface area (Å²) in [6, 6.07) is 6.65. The first-order chi connectivity index (χ1) is 12.2. The molecule has 0 spiro atoms. The SMILES string of the molecule is O=C(CCc1ncccn1)NC1CCc2[nH]c3ccc(F)cc3c2C1. The van der Waals surface area contributed by atoms with Crippen LogP contribution in [0.2, 0.25) is 0 Å². The fourth-order valence-corrected chi connectivity index (χ4v) is 3.50. The molecular formula is C19H19FN4O. The van der Waals surface area contributed by atoms with E-state index >= 15 is 0 Å². The summed E-state index contributed by atoms with van der Waals surface area (Å²) < 4.78 is 13.6. The summed E-state index contributed by atoms with van der Waals surface area (Å²) in [7, 11) is 0. The number of halogens is 1. The number of carbonyl (C=O) groups is 1.